The number of carbonyl (C=O) groups excluding carboxylic acids is 2. The molecule has 1 aliphatic heterocycles. The lowest BCUT2D eigenvalue weighted by atomic mass is 10.2. The van der Waals surface area contributed by atoms with E-state index >= 15 is 0 Å². The second-order valence-electron chi connectivity index (χ2n) is 3.99. The quantitative estimate of drug-likeness (QED) is 0.459. The predicted molar refractivity (Wildman–Crippen MR) is 77.4 cm³/mol. The van der Waals surface area contributed by atoms with Crippen molar-refractivity contribution in [3.8, 4) is 0 Å². The number of methoxy groups -OCH3 is 2. The molecule has 3 N–H and O–H groups in total. The lowest BCUT2D eigenvalue weighted by molar-refractivity contribution is 0.0924. The molecule has 0 bridgehead atoms. The third kappa shape index (κ3) is 14.8. The van der Waals surface area contributed by atoms with E-state index in [1.165, 1.54) is 19.1 Å². The molecule has 0 aromatic rings. The number of β-amino-alcohol motifs (C(OH)–C–C–N with tert-alkyl or cyclic N) is 1. The highest BCUT2D eigenvalue weighted by molar-refractivity contribution is 5.69. The fraction of sp³-hybridized carbons (Fsp3) is 0.846. The van der Waals surface area contributed by atoms with Crippen molar-refractivity contribution in [2.75, 3.05) is 53.7 Å². The molecule has 0 saturated carbocycles. The molecule has 132 valence electrons. The first-order valence-electron chi connectivity index (χ1n) is 6.93. The first kappa shape index (κ1) is 22.7. The Morgan fingerprint density at radius 3 is 1.91 bits per heavy atom. The maximum absolute atomic E-state index is 10.6. The number of ether oxygens (including phenoxy) is 3. The number of aliphatic hydroxyl groups excluding tert-OH is 3. The van der Waals surface area contributed by atoms with Crippen molar-refractivity contribution in [3.63, 3.8) is 0 Å². The van der Waals surface area contributed by atoms with Crippen molar-refractivity contribution >= 4 is 12.2 Å². The SMILES string of the molecule is COC(=O)OC.O=C1OCCN1CCO.OCCCCCO. The van der Waals surface area contributed by atoms with E-state index in [2.05, 4.69) is 14.2 Å². The normalized spacial score (nSPS) is 12.4. The van der Waals surface area contributed by atoms with Crippen LogP contribution in [0, 0.1) is 0 Å². The van der Waals surface area contributed by atoms with Crippen molar-refractivity contribution in [1.29, 1.82) is 0 Å². The Hall–Kier alpha value is -1.58. The van der Waals surface area contributed by atoms with E-state index in [-0.39, 0.29) is 25.9 Å². The van der Waals surface area contributed by atoms with E-state index in [0.717, 1.165) is 19.3 Å². The Morgan fingerprint density at radius 1 is 1.09 bits per heavy atom. The molecule has 0 aromatic heterocycles. The van der Waals surface area contributed by atoms with Gasteiger partial charge < -0.3 is 34.4 Å². The van der Waals surface area contributed by atoms with Crippen molar-refractivity contribution in [2.45, 2.75) is 19.3 Å². The fourth-order valence-corrected chi connectivity index (χ4v) is 1.23. The van der Waals surface area contributed by atoms with Gasteiger partial charge >= 0.3 is 12.2 Å². The average Bonchev–Trinajstić information content (AvgIpc) is 2.94. The van der Waals surface area contributed by atoms with Crippen LogP contribution in [0.1, 0.15) is 19.3 Å². The molecule has 1 heterocycles. The summed E-state index contributed by atoms with van der Waals surface area (Å²) in [5.74, 6) is 0. The van der Waals surface area contributed by atoms with Gasteiger partial charge in [0.1, 0.15) is 6.61 Å². The summed E-state index contributed by atoms with van der Waals surface area (Å²) in [5.41, 5.74) is 0. The summed E-state index contributed by atoms with van der Waals surface area (Å²) in [6, 6.07) is 0. The van der Waals surface area contributed by atoms with Crippen LogP contribution in [0.15, 0.2) is 0 Å². The molecule has 0 spiro atoms. The molecule has 22 heavy (non-hydrogen) atoms. The summed E-state index contributed by atoms with van der Waals surface area (Å²) >= 11 is 0. The number of hydrogen-bond donors (Lipinski definition) is 3. The summed E-state index contributed by atoms with van der Waals surface area (Å²) < 4.78 is 12.7. The number of aliphatic hydroxyl groups is 3. The summed E-state index contributed by atoms with van der Waals surface area (Å²) in [7, 11) is 2.51. The number of cyclic esters (lactones) is 1. The molecule has 0 atom stereocenters. The first-order chi connectivity index (χ1) is 10.6. The lowest BCUT2D eigenvalue weighted by Crippen LogP contribution is -2.27. The standard InChI is InChI=1S/C5H9NO3.C5H12O2.C3H6O3/c7-3-1-6-2-4-9-5(6)8;6-4-2-1-3-5-7;1-5-3(4)6-2/h7H,1-4H2;6-7H,1-5H2;1-2H3. The van der Waals surface area contributed by atoms with Crippen LogP contribution in [0.25, 0.3) is 0 Å². The number of amides is 1. The molecule has 0 radical (unpaired) electrons. The van der Waals surface area contributed by atoms with Crippen LogP contribution in [-0.4, -0.2) is 86.2 Å². The minimum absolute atomic E-state index is 0.00903. The van der Waals surface area contributed by atoms with Gasteiger partial charge in [-0.2, -0.15) is 0 Å². The van der Waals surface area contributed by atoms with Gasteiger partial charge in [-0.05, 0) is 19.3 Å². The van der Waals surface area contributed by atoms with Crippen molar-refractivity contribution in [1.82, 2.24) is 4.90 Å². The minimum atomic E-state index is -0.657. The van der Waals surface area contributed by atoms with Gasteiger partial charge in [0.2, 0.25) is 0 Å². The molecule has 1 fully saturated rings. The number of carbonyl (C=O) groups is 2. The monoisotopic (exact) mass is 325 g/mol. The van der Waals surface area contributed by atoms with Gasteiger partial charge in [0, 0.05) is 19.8 Å². The zero-order chi connectivity index (χ0) is 17.2. The molecule has 0 unspecified atom stereocenters. The van der Waals surface area contributed by atoms with Crippen molar-refractivity contribution < 1.29 is 39.1 Å². The van der Waals surface area contributed by atoms with Crippen molar-refractivity contribution in [2.24, 2.45) is 0 Å². The summed E-state index contributed by atoms with van der Waals surface area (Å²) in [6.07, 6.45) is 1.60. The minimum Gasteiger partial charge on any atom is -0.448 e. The van der Waals surface area contributed by atoms with Crippen LogP contribution in [0.5, 0.6) is 0 Å². The van der Waals surface area contributed by atoms with Gasteiger partial charge in [-0.3, -0.25) is 0 Å². The third-order valence-corrected chi connectivity index (χ3v) is 2.36. The molecule has 1 amide bonds. The zero-order valence-corrected chi connectivity index (χ0v) is 13.2. The van der Waals surface area contributed by atoms with Crippen LogP contribution >= 0.6 is 0 Å². The smallest absolute Gasteiger partial charge is 0.448 e. The number of unbranched alkanes of at least 4 members (excludes halogenated alkanes) is 2. The number of nitrogens with zero attached hydrogens (tertiary/aromatic N) is 1. The highest BCUT2D eigenvalue weighted by atomic mass is 16.7. The largest absolute Gasteiger partial charge is 0.507 e. The maximum atomic E-state index is 10.6. The van der Waals surface area contributed by atoms with Crippen molar-refractivity contribution in [3.05, 3.63) is 0 Å². The van der Waals surface area contributed by atoms with Crippen LogP contribution in [0.3, 0.4) is 0 Å². The van der Waals surface area contributed by atoms with Crippen LogP contribution < -0.4 is 0 Å². The second kappa shape index (κ2) is 17.5. The molecule has 1 aliphatic rings. The van der Waals surface area contributed by atoms with Crippen LogP contribution in [0.2, 0.25) is 0 Å². The Kier molecular flexibility index (Phi) is 18.0. The molecule has 0 aliphatic carbocycles. The lowest BCUT2D eigenvalue weighted by Gasteiger charge is -2.08. The average molecular weight is 325 g/mol. The maximum Gasteiger partial charge on any atom is 0.507 e. The van der Waals surface area contributed by atoms with E-state index < -0.39 is 6.16 Å². The Morgan fingerprint density at radius 2 is 1.64 bits per heavy atom. The predicted octanol–water partition coefficient (Wildman–Crippen LogP) is -0.0286. The zero-order valence-electron chi connectivity index (χ0n) is 13.2. The van der Waals surface area contributed by atoms with E-state index in [9.17, 15) is 9.59 Å². The van der Waals surface area contributed by atoms with E-state index in [1.807, 2.05) is 0 Å². The Labute approximate surface area is 130 Å². The highest BCUT2D eigenvalue weighted by Crippen LogP contribution is 2.00. The third-order valence-electron chi connectivity index (χ3n) is 2.36. The topological polar surface area (TPSA) is 126 Å². The molecule has 9 nitrogen and oxygen atoms in total. The summed E-state index contributed by atoms with van der Waals surface area (Å²) in [6.45, 7) is 1.96. The summed E-state index contributed by atoms with van der Waals surface area (Å²) in [5, 5.41) is 24.8. The second-order valence-corrected chi connectivity index (χ2v) is 3.99. The first-order valence-corrected chi connectivity index (χ1v) is 6.93. The van der Waals surface area contributed by atoms with Crippen LogP contribution in [0.4, 0.5) is 9.59 Å². The van der Waals surface area contributed by atoms with Gasteiger partial charge in [-0.1, -0.05) is 0 Å². The van der Waals surface area contributed by atoms with Gasteiger partial charge in [-0.15, -0.1) is 0 Å². The fourth-order valence-electron chi connectivity index (χ4n) is 1.23. The van der Waals surface area contributed by atoms with E-state index in [1.54, 1.807) is 0 Å². The molecule has 1 saturated heterocycles. The molecule has 1 rings (SSSR count). The van der Waals surface area contributed by atoms with E-state index in [4.69, 9.17) is 15.3 Å². The Balaban J connectivity index is 0. The highest BCUT2D eigenvalue weighted by Gasteiger charge is 2.20. The van der Waals surface area contributed by atoms with Gasteiger partial charge in [0.15, 0.2) is 0 Å². The number of rotatable bonds is 6. The molecule has 9 heteroatoms. The molecule has 0 aromatic carbocycles. The Bertz CT molecular complexity index is 265. The van der Waals surface area contributed by atoms with Gasteiger partial charge in [0.25, 0.3) is 0 Å². The van der Waals surface area contributed by atoms with Crippen LogP contribution in [-0.2, 0) is 14.2 Å². The summed E-state index contributed by atoms with van der Waals surface area (Å²) in [4.78, 5) is 21.8. The van der Waals surface area contributed by atoms with Gasteiger partial charge in [-0.25, -0.2) is 9.59 Å². The van der Waals surface area contributed by atoms with Gasteiger partial charge in [0.05, 0.1) is 27.4 Å². The number of hydrogen-bond acceptors (Lipinski definition) is 8. The molecular weight excluding hydrogens is 298 g/mol. The molecular formula is C13H27NO8. The van der Waals surface area contributed by atoms with E-state index in [0.29, 0.717) is 19.7 Å².